The maximum absolute atomic E-state index is 15.9. The zero-order valence-electron chi connectivity index (χ0n) is 26.7. The molecule has 266 valence electrons. The number of nitrogens with zero attached hydrogens (tertiary/aromatic N) is 8. The highest BCUT2D eigenvalue weighted by Crippen LogP contribution is 2.42. The average Bonchev–Trinajstić information content (AvgIpc) is 3.76. The van der Waals surface area contributed by atoms with E-state index in [-0.39, 0.29) is 35.5 Å². The lowest BCUT2D eigenvalue weighted by atomic mass is 9.75. The standard InChI is InChI=1S/C17H17F4N5.C17H14F3N5/c18-13-8-4-7-12(17(13,20)9-11-5-2-1-3-6-11)15-16-23-26(21)24-25(16)14(19)10-22-15;18-12-4-1-3-11(9-12)10-24-7-8-25-17(21-22-23-25)16(24)13-5-2-6-14(19)15(13)20/h1-8,12,14-15,22,24H,9-10H2;1-6,9,16H,7-8,10H2. The molecule has 0 saturated carbocycles. The molecular formula is C34H31F7N10. The lowest BCUT2D eigenvalue weighted by molar-refractivity contribution is -0.0906. The van der Waals surface area contributed by atoms with E-state index in [4.69, 9.17) is 0 Å². The van der Waals surface area contributed by atoms with Crippen molar-refractivity contribution >= 4 is 5.84 Å². The van der Waals surface area contributed by atoms with Gasteiger partial charge in [-0.25, -0.2) is 36.0 Å². The van der Waals surface area contributed by atoms with Crippen molar-refractivity contribution < 1.29 is 30.8 Å². The van der Waals surface area contributed by atoms with Gasteiger partial charge in [0.05, 0.1) is 12.6 Å². The molecule has 10 nitrogen and oxygen atoms in total. The number of hydrogen-bond donors (Lipinski definition) is 2. The Balaban J connectivity index is 0.000000159. The van der Waals surface area contributed by atoms with Gasteiger partial charge in [0.1, 0.15) is 17.7 Å². The minimum absolute atomic E-state index is 0.0642. The van der Waals surface area contributed by atoms with E-state index < -0.39 is 47.4 Å². The SMILES string of the molecule is FC1=CC=CC(C2NCC(F)N3NN(F)N=C23)C1(F)Cc1ccccc1.Fc1cccc(CN2CCn3nnnc3C2c2cccc(F)c2F)c1. The van der Waals surface area contributed by atoms with Crippen molar-refractivity contribution in [2.45, 2.75) is 43.6 Å². The number of alkyl halides is 2. The van der Waals surface area contributed by atoms with Gasteiger partial charge < -0.3 is 5.32 Å². The van der Waals surface area contributed by atoms with Crippen LogP contribution in [0.1, 0.15) is 28.6 Å². The molecule has 1 saturated heterocycles. The summed E-state index contributed by atoms with van der Waals surface area (Å²) >= 11 is 0. The third kappa shape index (κ3) is 6.83. The van der Waals surface area contributed by atoms with E-state index in [2.05, 4.69) is 31.5 Å². The summed E-state index contributed by atoms with van der Waals surface area (Å²) in [6, 6.07) is 17.4. The van der Waals surface area contributed by atoms with Crippen LogP contribution in [0.2, 0.25) is 0 Å². The third-order valence-corrected chi connectivity index (χ3v) is 9.16. The highest BCUT2D eigenvalue weighted by atomic mass is 19.2. The van der Waals surface area contributed by atoms with Crippen LogP contribution in [0.25, 0.3) is 0 Å². The first-order chi connectivity index (χ1) is 24.6. The quantitative estimate of drug-likeness (QED) is 0.161. The molecule has 0 bridgehead atoms. The number of benzene rings is 3. The number of amidine groups is 1. The number of allylic oxidation sites excluding steroid dienone is 3. The molecule has 8 rings (SSSR count). The van der Waals surface area contributed by atoms with Gasteiger partial charge in [-0.3, -0.25) is 4.90 Å². The fraction of sp³-hybridized carbons (Fsp3) is 0.294. The summed E-state index contributed by atoms with van der Waals surface area (Å²) in [6.07, 6.45) is 2.20. The molecule has 3 aliphatic heterocycles. The van der Waals surface area contributed by atoms with Crippen LogP contribution in [0.15, 0.2) is 102 Å². The molecule has 0 radical (unpaired) electrons. The minimum atomic E-state index is -2.37. The normalized spacial score (nSPS) is 25.8. The van der Waals surface area contributed by atoms with Crippen molar-refractivity contribution in [3.8, 4) is 0 Å². The molecule has 4 aliphatic rings. The first kappa shape index (κ1) is 34.3. The third-order valence-electron chi connectivity index (χ3n) is 9.16. The van der Waals surface area contributed by atoms with E-state index in [1.165, 1.54) is 36.4 Å². The second-order valence-corrected chi connectivity index (χ2v) is 12.4. The van der Waals surface area contributed by atoms with Gasteiger partial charge in [-0.2, -0.15) is 0 Å². The number of nitrogens with one attached hydrogen (secondary N) is 2. The molecule has 4 aromatic rings. The van der Waals surface area contributed by atoms with E-state index in [1.807, 2.05) is 4.90 Å². The van der Waals surface area contributed by atoms with Crippen LogP contribution in [0.5, 0.6) is 0 Å². The molecule has 0 amide bonds. The molecule has 0 spiro atoms. The number of fused-ring (bicyclic) bond motifs is 2. The number of hydrazone groups is 1. The zero-order chi connectivity index (χ0) is 35.7. The predicted octanol–water partition coefficient (Wildman–Crippen LogP) is 5.18. The summed E-state index contributed by atoms with van der Waals surface area (Å²) in [4.78, 5) is 1.92. The number of hydrogen-bond acceptors (Lipinski definition) is 9. The average molecular weight is 713 g/mol. The van der Waals surface area contributed by atoms with E-state index in [0.29, 0.717) is 31.0 Å². The number of rotatable bonds is 6. The Morgan fingerprint density at radius 1 is 0.922 bits per heavy atom. The van der Waals surface area contributed by atoms with E-state index in [9.17, 15) is 26.4 Å². The van der Waals surface area contributed by atoms with Gasteiger partial charge in [-0.05, 0) is 51.2 Å². The summed E-state index contributed by atoms with van der Waals surface area (Å²) in [5.74, 6) is -3.77. The molecule has 1 fully saturated rings. The minimum Gasteiger partial charge on any atom is -0.302 e. The van der Waals surface area contributed by atoms with Gasteiger partial charge in [0, 0.05) is 37.5 Å². The summed E-state index contributed by atoms with van der Waals surface area (Å²) in [7, 11) is 0. The molecule has 17 heteroatoms. The molecule has 1 aromatic heterocycles. The van der Waals surface area contributed by atoms with Gasteiger partial charge in [0.2, 0.25) is 6.30 Å². The van der Waals surface area contributed by atoms with Gasteiger partial charge in [-0.15, -0.1) is 10.2 Å². The Hall–Kier alpha value is -5.13. The Labute approximate surface area is 287 Å². The van der Waals surface area contributed by atoms with Crippen LogP contribution in [-0.2, 0) is 19.5 Å². The van der Waals surface area contributed by atoms with Crippen LogP contribution in [0.4, 0.5) is 30.8 Å². The van der Waals surface area contributed by atoms with Gasteiger partial charge in [-0.1, -0.05) is 76.8 Å². The monoisotopic (exact) mass is 712 g/mol. The molecule has 1 aliphatic carbocycles. The molecule has 3 aromatic carbocycles. The summed E-state index contributed by atoms with van der Waals surface area (Å²) in [6.45, 7) is 1.23. The first-order valence-corrected chi connectivity index (χ1v) is 16.1. The van der Waals surface area contributed by atoms with Gasteiger partial charge in [0.25, 0.3) is 0 Å². The van der Waals surface area contributed by atoms with Crippen LogP contribution >= 0.6 is 0 Å². The molecule has 5 unspecified atom stereocenters. The maximum atomic E-state index is 15.9. The molecule has 4 heterocycles. The lowest BCUT2D eigenvalue weighted by Crippen LogP contribution is -2.65. The van der Waals surface area contributed by atoms with Crippen molar-refractivity contribution in [2.24, 2.45) is 11.0 Å². The van der Waals surface area contributed by atoms with Crippen molar-refractivity contribution in [2.75, 3.05) is 13.1 Å². The molecular weight excluding hydrogens is 681 g/mol. The highest BCUT2D eigenvalue weighted by molar-refractivity contribution is 5.89. The maximum Gasteiger partial charge on any atom is 0.201 e. The molecule has 2 N–H and O–H groups in total. The Kier molecular flexibility index (Phi) is 9.58. The summed E-state index contributed by atoms with van der Waals surface area (Å²) < 4.78 is 101. The van der Waals surface area contributed by atoms with Crippen LogP contribution < -0.4 is 10.9 Å². The molecule has 5 atom stereocenters. The van der Waals surface area contributed by atoms with E-state index >= 15 is 4.39 Å². The molecule has 51 heavy (non-hydrogen) atoms. The Bertz CT molecular complexity index is 1960. The van der Waals surface area contributed by atoms with Crippen molar-refractivity contribution in [1.29, 1.82) is 0 Å². The number of tetrazole rings is 1. The lowest BCUT2D eigenvalue weighted by Gasteiger charge is -2.42. The first-order valence-electron chi connectivity index (χ1n) is 16.1. The predicted molar refractivity (Wildman–Crippen MR) is 171 cm³/mol. The van der Waals surface area contributed by atoms with Crippen molar-refractivity contribution in [3.63, 3.8) is 0 Å². The van der Waals surface area contributed by atoms with Gasteiger partial charge >= 0.3 is 0 Å². The fourth-order valence-corrected chi connectivity index (χ4v) is 6.78. The topological polar surface area (TPSA) is 89.7 Å². The summed E-state index contributed by atoms with van der Waals surface area (Å²) in [5.41, 5.74) is 1.24. The Morgan fingerprint density at radius 2 is 1.71 bits per heavy atom. The number of hydrazine groups is 2. The Morgan fingerprint density at radius 3 is 2.51 bits per heavy atom. The second-order valence-electron chi connectivity index (χ2n) is 12.4. The highest BCUT2D eigenvalue weighted by Gasteiger charge is 2.52. The van der Waals surface area contributed by atoms with E-state index in [1.54, 1.807) is 47.1 Å². The second kappa shape index (κ2) is 14.2. The van der Waals surface area contributed by atoms with Crippen molar-refractivity contribution in [1.82, 2.24) is 46.3 Å². The van der Waals surface area contributed by atoms with Crippen LogP contribution in [0, 0.1) is 23.4 Å². The number of aromatic nitrogens is 4. The van der Waals surface area contributed by atoms with Gasteiger partial charge in [0.15, 0.2) is 29.0 Å². The largest absolute Gasteiger partial charge is 0.302 e. The van der Waals surface area contributed by atoms with E-state index in [0.717, 1.165) is 22.7 Å². The zero-order valence-corrected chi connectivity index (χ0v) is 26.7. The number of piperazine rings is 1. The van der Waals surface area contributed by atoms with Crippen LogP contribution in [0.3, 0.4) is 0 Å². The fourth-order valence-electron chi connectivity index (χ4n) is 6.78. The summed E-state index contributed by atoms with van der Waals surface area (Å²) in [5, 5.41) is 18.7. The van der Waals surface area contributed by atoms with Crippen LogP contribution in [-0.4, -0.2) is 72.4 Å². The number of halogens is 7. The smallest absolute Gasteiger partial charge is 0.201 e. The van der Waals surface area contributed by atoms with Crippen molar-refractivity contribution in [3.05, 3.63) is 137 Å².